The molecule has 3 aromatic rings. The number of rotatable bonds is 10. The predicted octanol–water partition coefficient (Wildman–Crippen LogP) is 3.20. The molecule has 0 unspecified atom stereocenters. The molecule has 7 nitrogen and oxygen atoms in total. The Balaban J connectivity index is 1.69. The lowest BCUT2D eigenvalue weighted by Crippen LogP contribution is -2.48. The Bertz CT molecular complexity index is 995. The van der Waals surface area contributed by atoms with E-state index in [4.69, 9.17) is 9.47 Å². The Hall–Kier alpha value is -3.87. The van der Waals surface area contributed by atoms with Crippen molar-refractivity contribution in [1.82, 2.24) is 15.2 Å². The van der Waals surface area contributed by atoms with Crippen LogP contribution in [0.4, 0.5) is 0 Å². The summed E-state index contributed by atoms with van der Waals surface area (Å²) in [5.74, 6) is 0.782. The van der Waals surface area contributed by atoms with Gasteiger partial charge in [0.15, 0.2) is 6.61 Å². The van der Waals surface area contributed by atoms with E-state index in [9.17, 15) is 9.59 Å². The Morgan fingerprint density at radius 3 is 2.38 bits per heavy atom. The molecule has 0 fully saturated rings. The number of para-hydroxylation sites is 1. The minimum Gasteiger partial charge on any atom is -0.497 e. The van der Waals surface area contributed by atoms with Crippen molar-refractivity contribution < 1.29 is 19.1 Å². The first kappa shape index (κ1) is 22.8. The molecule has 0 spiro atoms. The van der Waals surface area contributed by atoms with Gasteiger partial charge in [0.2, 0.25) is 5.91 Å². The molecule has 1 aromatic heterocycles. The molecular formula is C25H27N3O4. The highest BCUT2D eigenvalue weighted by atomic mass is 16.5. The standard InChI is InChI=1S/C25H27N3O4/c1-19(25(30)27-16-21-7-6-14-26-15-21)28(17-20-10-12-22(31-2)13-11-20)24(29)18-32-23-8-4-3-5-9-23/h3-15,19H,16-18H2,1-2H3,(H,27,30)/t19-/m1/s1. The summed E-state index contributed by atoms with van der Waals surface area (Å²) in [5.41, 5.74) is 1.76. The first-order valence-electron chi connectivity index (χ1n) is 10.3. The summed E-state index contributed by atoms with van der Waals surface area (Å²) in [6, 6.07) is 19.5. The smallest absolute Gasteiger partial charge is 0.261 e. The van der Waals surface area contributed by atoms with Crippen LogP contribution >= 0.6 is 0 Å². The van der Waals surface area contributed by atoms with Crippen molar-refractivity contribution in [2.24, 2.45) is 0 Å². The monoisotopic (exact) mass is 433 g/mol. The lowest BCUT2D eigenvalue weighted by molar-refractivity contribution is -0.142. The Labute approximate surface area is 188 Å². The van der Waals surface area contributed by atoms with Crippen molar-refractivity contribution in [3.05, 3.63) is 90.3 Å². The second-order valence-corrected chi connectivity index (χ2v) is 7.23. The second kappa shape index (κ2) is 11.5. The minimum absolute atomic E-state index is 0.166. The van der Waals surface area contributed by atoms with Crippen LogP contribution in [0.3, 0.4) is 0 Å². The molecule has 2 aromatic carbocycles. The third-order valence-electron chi connectivity index (χ3n) is 4.97. The summed E-state index contributed by atoms with van der Waals surface area (Å²) in [6.07, 6.45) is 3.37. The summed E-state index contributed by atoms with van der Waals surface area (Å²) in [6.45, 7) is 2.15. The van der Waals surface area contributed by atoms with E-state index >= 15 is 0 Å². The van der Waals surface area contributed by atoms with Gasteiger partial charge in [-0.05, 0) is 48.4 Å². The number of ether oxygens (including phenoxy) is 2. The second-order valence-electron chi connectivity index (χ2n) is 7.23. The molecule has 0 saturated heterocycles. The Morgan fingerprint density at radius 2 is 1.72 bits per heavy atom. The molecular weight excluding hydrogens is 406 g/mol. The summed E-state index contributed by atoms with van der Waals surface area (Å²) in [4.78, 5) is 31.5. The fourth-order valence-electron chi connectivity index (χ4n) is 3.09. The maximum atomic E-state index is 13.1. The van der Waals surface area contributed by atoms with E-state index in [2.05, 4.69) is 10.3 Å². The summed E-state index contributed by atoms with van der Waals surface area (Å²) >= 11 is 0. The molecule has 0 bridgehead atoms. The normalized spacial score (nSPS) is 11.3. The van der Waals surface area contributed by atoms with E-state index in [0.29, 0.717) is 12.3 Å². The van der Waals surface area contributed by atoms with Crippen molar-refractivity contribution in [2.75, 3.05) is 13.7 Å². The van der Waals surface area contributed by atoms with Crippen LogP contribution < -0.4 is 14.8 Å². The quantitative estimate of drug-likeness (QED) is 0.531. The third-order valence-corrected chi connectivity index (χ3v) is 4.97. The SMILES string of the molecule is COc1ccc(CN(C(=O)COc2ccccc2)[C@H](C)C(=O)NCc2cccnc2)cc1. The van der Waals surface area contributed by atoms with Gasteiger partial charge in [-0.15, -0.1) is 0 Å². The summed E-state index contributed by atoms with van der Waals surface area (Å²) in [7, 11) is 1.60. The lowest BCUT2D eigenvalue weighted by atomic mass is 10.1. The third kappa shape index (κ3) is 6.57. The molecule has 0 aliphatic rings. The van der Waals surface area contributed by atoms with Crippen LogP contribution in [0, 0.1) is 0 Å². The van der Waals surface area contributed by atoms with Crippen LogP contribution in [0.5, 0.6) is 11.5 Å². The van der Waals surface area contributed by atoms with Gasteiger partial charge in [-0.2, -0.15) is 0 Å². The van der Waals surface area contributed by atoms with Crippen molar-refractivity contribution >= 4 is 11.8 Å². The number of benzene rings is 2. The van der Waals surface area contributed by atoms with E-state index < -0.39 is 6.04 Å². The van der Waals surface area contributed by atoms with Crippen LogP contribution in [-0.2, 0) is 22.7 Å². The first-order valence-corrected chi connectivity index (χ1v) is 10.3. The van der Waals surface area contributed by atoms with E-state index in [1.54, 1.807) is 38.6 Å². The number of carbonyl (C=O) groups is 2. The van der Waals surface area contributed by atoms with Crippen molar-refractivity contribution in [1.29, 1.82) is 0 Å². The molecule has 0 radical (unpaired) electrons. The van der Waals surface area contributed by atoms with Gasteiger partial charge in [0.25, 0.3) is 5.91 Å². The molecule has 1 heterocycles. The zero-order chi connectivity index (χ0) is 22.8. The molecule has 0 aliphatic heterocycles. The molecule has 7 heteroatoms. The van der Waals surface area contributed by atoms with Crippen molar-refractivity contribution in [2.45, 2.75) is 26.1 Å². The summed E-state index contributed by atoms with van der Waals surface area (Å²) < 4.78 is 10.8. The predicted molar refractivity (Wildman–Crippen MR) is 121 cm³/mol. The Morgan fingerprint density at radius 1 is 0.969 bits per heavy atom. The number of methoxy groups -OCH3 is 1. The number of pyridine rings is 1. The van der Waals surface area contributed by atoms with E-state index in [-0.39, 0.29) is 25.0 Å². The van der Waals surface area contributed by atoms with Crippen molar-refractivity contribution in [3.8, 4) is 11.5 Å². The van der Waals surface area contributed by atoms with Gasteiger partial charge in [-0.25, -0.2) is 0 Å². The molecule has 0 saturated carbocycles. The maximum absolute atomic E-state index is 13.1. The molecule has 32 heavy (non-hydrogen) atoms. The highest BCUT2D eigenvalue weighted by Crippen LogP contribution is 2.16. The maximum Gasteiger partial charge on any atom is 0.261 e. The zero-order valence-corrected chi connectivity index (χ0v) is 18.2. The average molecular weight is 434 g/mol. The van der Waals surface area contributed by atoms with Gasteiger partial charge in [0.1, 0.15) is 17.5 Å². The van der Waals surface area contributed by atoms with Crippen LogP contribution in [0.2, 0.25) is 0 Å². The highest BCUT2D eigenvalue weighted by Gasteiger charge is 2.26. The average Bonchev–Trinajstić information content (AvgIpc) is 2.85. The van der Waals surface area contributed by atoms with E-state index in [1.807, 2.05) is 54.6 Å². The molecule has 0 aliphatic carbocycles. The van der Waals surface area contributed by atoms with Gasteiger partial charge >= 0.3 is 0 Å². The van der Waals surface area contributed by atoms with E-state index in [0.717, 1.165) is 16.9 Å². The van der Waals surface area contributed by atoms with Gasteiger partial charge in [0.05, 0.1) is 7.11 Å². The number of aromatic nitrogens is 1. The fourth-order valence-corrected chi connectivity index (χ4v) is 3.09. The van der Waals surface area contributed by atoms with Crippen molar-refractivity contribution in [3.63, 3.8) is 0 Å². The first-order chi connectivity index (χ1) is 15.6. The molecule has 3 rings (SSSR count). The van der Waals surface area contributed by atoms with Gasteiger partial charge in [-0.1, -0.05) is 36.4 Å². The van der Waals surface area contributed by atoms with Gasteiger partial charge in [-0.3, -0.25) is 14.6 Å². The number of hydrogen-bond acceptors (Lipinski definition) is 5. The number of amides is 2. The van der Waals surface area contributed by atoms with Crippen LogP contribution in [-0.4, -0.2) is 41.5 Å². The highest BCUT2D eigenvalue weighted by molar-refractivity contribution is 5.87. The number of carbonyl (C=O) groups excluding carboxylic acids is 2. The molecule has 1 N–H and O–H groups in total. The fraction of sp³-hybridized carbons (Fsp3) is 0.240. The van der Waals surface area contributed by atoms with Gasteiger partial charge < -0.3 is 19.7 Å². The minimum atomic E-state index is -0.694. The van der Waals surface area contributed by atoms with Gasteiger partial charge in [0, 0.05) is 25.5 Å². The number of nitrogens with zero attached hydrogens (tertiary/aromatic N) is 2. The van der Waals surface area contributed by atoms with E-state index in [1.165, 1.54) is 4.90 Å². The summed E-state index contributed by atoms with van der Waals surface area (Å²) in [5, 5.41) is 2.88. The number of nitrogens with one attached hydrogen (secondary N) is 1. The molecule has 1 atom stereocenters. The topological polar surface area (TPSA) is 80.8 Å². The molecule has 2 amide bonds. The number of hydrogen-bond donors (Lipinski definition) is 1. The zero-order valence-electron chi connectivity index (χ0n) is 18.2. The molecule has 166 valence electrons. The van der Waals surface area contributed by atoms with Crippen LogP contribution in [0.25, 0.3) is 0 Å². The van der Waals surface area contributed by atoms with Crippen LogP contribution in [0.15, 0.2) is 79.1 Å². The largest absolute Gasteiger partial charge is 0.497 e. The lowest BCUT2D eigenvalue weighted by Gasteiger charge is -2.28. The van der Waals surface area contributed by atoms with Crippen LogP contribution in [0.1, 0.15) is 18.1 Å². The Kier molecular flexibility index (Phi) is 8.20.